The van der Waals surface area contributed by atoms with E-state index in [-0.39, 0.29) is 11.4 Å². The summed E-state index contributed by atoms with van der Waals surface area (Å²) in [5, 5.41) is 4.25. The standard InChI is InChI=1S/C32H37NO5S/c1-7-35-27(31(34)36-8-2)18-22-9-15-25(16-10-22)37-20-29-21(3)17-28(39-29)24-13-11-23(12-14-24)26-19-30(38-33-26)32(4,5)6/h9-17,19,27H,7-8,18,20H2,1-6H3. The van der Waals surface area contributed by atoms with Crippen LogP contribution in [0, 0.1) is 6.92 Å². The third-order valence-corrected chi connectivity index (χ3v) is 7.63. The maximum Gasteiger partial charge on any atom is 0.335 e. The van der Waals surface area contributed by atoms with Crippen LogP contribution in [0.3, 0.4) is 0 Å². The van der Waals surface area contributed by atoms with Crippen molar-refractivity contribution in [3.05, 3.63) is 82.4 Å². The summed E-state index contributed by atoms with van der Waals surface area (Å²) >= 11 is 1.74. The van der Waals surface area contributed by atoms with Crippen LogP contribution in [0.1, 0.15) is 56.4 Å². The molecule has 0 aliphatic heterocycles. The average molecular weight is 548 g/mol. The summed E-state index contributed by atoms with van der Waals surface area (Å²) in [5.41, 5.74) is 5.17. The number of rotatable bonds is 11. The molecule has 4 aromatic rings. The van der Waals surface area contributed by atoms with Crippen LogP contribution in [0.4, 0.5) is 0 Å². The van der Waals surface area contributed by atoms with Crippen molar-refractivity contribution in [1.82, 2.24) is 5.16 Å². The molecule has 0 aliphatic carbocycles. The Balaban J connectivity index is 1.37. The zero-order valence-corrected chi connectivity index (χ0v) is 24.4. The monoisotopic (exact) mass is 547 g/mol. The molecule has 2 aromatic heterocycles. The second-order valence-corrected chi connectivity index (χ2v) is 11.6. The van der Waals surface area contributed by atoms with Gasteiger partial charge in [0, 0.05) is 39.8 Å². The van der Waals surface area contributed by atoms with Gasteiger partial charge in [-0.15, -0.1) is 11.3 Å². The summed E-state index contributed by atoms with van der Waals surface area (Å²) in [6, 6.07) is 20.4. The van der Waals surface area contributed by atoms with Gasteiger partial charge in [0.1, 0.15) is 23.8 Å². The first-order chi connectivity index (χ1) is 18.7. The zero-order chi connectivity index (χ0) is 28.0. The van der Waals surface area contributed by atoms with E-state index in [2.05, 4.69) is 63.2 Å². The molecule has 7 heteroatoms. The normalized spacial score (nSPS) is 12.4. The average Bonchev–Trinajstić information content (AvgIpc) is 3.56. The van der Waals surface area contributed by atoms with Crippen LogP contribution >= 0.6 is 11.3 Å². The minimum atomic E-state index is -0.597. The number of aromatic nitrogens is 1. The van der Waals surface area contributed by atoms with E-state index in [0.29, 0.717) is 26.2 Å². The SMILES string of the molecule is CCOC(=O)C(Cc1ccc(OCc2sc(-c3ccc(-c4cc(C(C)(C)C)on4)cc3)cc2C)cc1)OCC. The van der Waals surface area contributed by atoms with Crippen LogP contribution in [0.2, 0.25) is 0 Å². The van der Waals surface area contributed by atoms with E-state index < -0.39 is 6.10 Å². The number of ether oxygens (including phenoxy) is 3. The number of hydrogen-bond acceptors (Lipinski definition) is 7. The van der Waals surface area contributed by atoms with Gasteiger partial charge in [-0.3, -0.25) is 0 Å². The van der Waals surface area contributed by atoms with Crippen molar-refractivity contribution in [2.24, 2.45) is 0 Å². The minimum absolute atomic E-state index is 0.0724. The third-order valence-electron chi connectivity index (χ3n) is 6.37. The van der Waals surface area contributed by atoms with Crippen LogP contribution in [0.5, 0.6) is 5.75 Å². The molecule has 39 heavy (non-hydrogen) atoms. The Bertz CT molecular complexity index is 1360. The van der Waals surface area contributed by atoms with E-state index in [1.165, 1.54) is 15.3 Å². The molecule has 2 heterocycles. The van der Waals surface area contributed by atoms with Gasteiger partial charge < -0.3 is 18.7 Å². The first-order valence-corrected chi connectivity index (χ1v) is 14.2. The lowest BCUT2D eigenvalue weighted by molar-refractivity contribution is -0.156. The van der Waals surface area contributed by atoms with E-state index in [9.17, 15) is 4.79 Å². The number of aryl methyl sites for hydroxylation is 1. The van der Waals surface area contributed by atoms with E-state index in [0.717, 1.165) is 33.9 Å². The van der Waals surface area contributed by atoms with Crippen molar-refractivity contribution >= 4 is 17.3 Å². The van der Waals surface area contributed by atoms with Crippen molar-refractivity contribution in [3.63, 3.8) is 0 Å². The molecule has 0 bridgehead atoms. The quantitative estimate of drug-likeness (QED) is 0.179. The highest BCUT2D eigenvalue weighted by molar-refractivity contribution is 7.15. The Morgan fingerprint density at radius 2 is 1.67 bits per heavy atom. The van der Waals surface area contributed by atoms with Gasteiger partial charge in [0.2, 0.25) is 0 Å². The number of carbonyl (C=O) groups excluding carboxylic acids is 1. The van der Waals surface area contributed by atoms with Gasteiger partial charge in [-0.25, -0.2) is 4.79 Å². The van der Waals surface area contributed by atoms with Gasteiger partial charge in [0.15, 0.2) is 6.10 Å². The van der Waals surface area contributed by atoms with Gasteiger partial charge >= 0.3 is 5.97 Å². The number of hydrogen-bond donors (Lipinski definition) is 0. The molecule has 0 fully saturated rings. The molecular weight excluding hydrogens is 510 g/mol. The summed E-state index contributed by atoms with van der Waals surface area (Å²) < 4.78 is 22.3. The molecule has 1 unspecified atom stereocenters. The first-order valence-electron chi connectivity index (χ1n) is 13.3. The first kappa shape index (κ1) is 28.6. The number of benzene rings is 2. The molecule has 0 spiro atoms. The fourth-order valence-corrected chi connectivity index (χ4v) is 5.20. The summed E-state index contributed by atoms with van der Waals surface area (Å²) in [6.07, 6.45) is -0.132. The highest BCUT2D eigenvalue weighted by atomic mass is 32.1. The molecule has 0 N–H and O–H groups in total. The minimum Gasteiger partial charge on any atom is -0.488 e. The van der Waals surface area contributed by atoms with Crippen LogP contribution in [-0.4, -0.2) is 30.4 Å². The zero-order valence-electron chi connectivity index (χ0n) is 23.6. The summed E-state index contributed by atoms with van der Waals surface area (Å²) in [7, 11) is 0. The van der Waals surface area contributed by atoms with Gasteiger partial charge in [-0.1, -0.05) is 62.3 Å². The maximum atomic E-state index is 12.1. The van der Waals surface area contributed by atoms with Crippen molar-refractivity contribution in [1.29, 1.82) is 0 Å². The number of carbonyl (C=O) groups is 1. The van der Waals surface area contributed by atoms with E-state index in [4.69, 9.17) is 18.7 Å². The Labute approximate surface area is 234 Å². The lowest BCUT2D eigenvalue weighted by Gasteiger charge is -2.15. The Morgan fingerprint density at radius 1 is 0.974 bits per heavy atom. The van der Waals surface area contributed by atoms with Crippen molar-refractivity contribution in [3.8, 4) is 27.4 Å². The van der Waals surface area contributed by atoms with E-state index in [1.807, 2.05) is 37.3 Å². The van der Waals surface area contributed by atoms with Crippen LogP contribution in [0.25, 0.3) is 21.7 Å². The number of thiophene rings is 1. The van der Waals surface area contributed by atoms with Crippen LogP contribution in [-0.2, 0) is 32.7 Å². The van der Waals surface area contributed by atoms with Crippen molar-refractivity contribution in [2.75, 3.05) is 13.2 Å². The maximum absolute atomic E-state index is 12.1. The Kier molecular flexibility index (Phi) is 9.25. The summed E-state index contributed by atoms with van der Waals surface area (Å²) in [4.78, 5) is 14.5. The number of esters is 1. The smallest absolute Gasteiger partial charge is 0.335 e. The predicted molar refractivity (Wildman–Crippen MR) is 155 cm³/mol. The molecule has 206 valence electrons. The highest BCUT2D eigenvalue weighted by Gasteiger charge is 2.21. The molecule has 4 rings (SSSR count). The second kappa shape index (κ2) is 12.6. The molecule has 1 atom stereocenters. The lowest BCUT2D eigenvalue weighted by atomic mass is 9.93. The van der Waals surface area contributed by atoms with E-state index in [1.54, 1.807) is 18.3 Å². The van der Waals surface area contributed by atoms with Gasteiger partial charge in [-0.05, 0) is 55.7 Å². The summed E-state index contributed by atoms with van der Waals surface area (Å²) in [6.45, 7) is 13.4. The lowest BCUT2D eigenvalue weighted by Crippen LogP contribution is -2.28. The van der Waals surface area contributed by atoms with Gasteiger partial charge in [0.05, 0.1) is 6.61 Å². The van der Waals surface area contributed by atoms with Crippen LogP contribution in [0.15, 0.2) is 65.2 Å². The molecule has 0 amide bonds. The molecule has 0 saturated carbocycles. The third kappa shape index (κ3) is 7.37. The van der Waals surface area contributed by atoms with Gasteiger partial charge in [0.25, 0.3) is 0 Å². The predicted octanol–water partition coefficient (Wildman–Crippen LogP) is 7.77. The fraction of sp³-hybridized carbons (Fsp3) is 0.375. The summed E-state index contributed by atoms with van der Waals surface area (Å²) in [5.74, 6) is 1.33. The van der Waals surface area contributed by atoms with Crippen molar-refractivity contribution in [2.45, 2.75) is 66.1 Å². The molecule has 0 radical (unpaired) electrons. The van der Waals surface area contributed by atoms with Crippen molar-refractivity contribution < 1.29 is 23.5 Å². The molecule has 2 aromatic carbocycles. The van der Waals surface area contributed by atoms with Gasteiger partial charge in [-0.2, -0.15) is 0 Å². The van der Waals surface area contributed by atoms with E-state index >= 15 is 0 Å². The topological polar surface area (TPSA) is 70.8 Å². The van der Waals surface area contributed by atoms with Crippen LogP contribution < -0.4 is 4.74 Å². The highest BCUT2D eigenvalue weighted by Crippen LogP contribution is 2.34. The molecule has 6 nitrogen and oxygen atoms in total. The second-order valence-electron chi connectivity index (χ2n) is 10.5. The number of nitrogens with zero attached hydrogens (tertiary/aromatic N) is 1. The largest absolute Gasteiger partial charge is 0.488 e. The molecular formula is C32H37NO5S. The Hall–Kier alpha value is -3.42. The fourth-order valence-electron chi connectivity index (χ4n) is 4.11. The molecule has 0 aliphatic rings. The Morgan fingerprint density at radius 3 is 2.28 bits per heavy atom. The molecule has 0 saturated heterocycles.